The zero-order valence-electron chi connectivity index (χ0n) is 8.49. The average Bonchev–Trinajstić information content (AvgIpc) is 2.80. The van der Waals surface area contributed by atoms with Crippen LogP contribution in [-0.4, -0.2) is 5.78 Å². The van der Waals surface area contributed by atoms with Crippen molar-refractivity contribution in [1.82, 2.24) is 0 Å². The molecule has 1 aromatic carbocycles. The molecule has 0 amide bonds. The average molecular weight is 256 g/mol. The van der Waals surface area contributed by atoms with Gasteiger partial charge in [-0.15, -0.1) is 11.3 Å². The Morgan fingerprint density at radius 1 is 1.12 bits per heavy atom. The molecule has 2 aromatic rings. The lowest BCUT2D eigenvalue weighted by Crippen LogP contribution is -2.07. The van der Waals surface area contributed by atoms with E-state index in [9.17, 15) is 18.0 Å². The fourth-order valence-corrected chi connectivity index (χ4v) is 2.07. The topological polar surface area (TPSA) is 17.1 Å². The van der Waals surface area contributed by atoms with Gasteiger partial charge in [0.1, 0.15) is 0 Å². The monoisotopic (exact) mass is 256 g/mol. The molecule has 0 atom stereocenters. The van der Waals surface area contributed by atoms with Crippen molar-refractivity contribution in [3.05, 3.63) is 57.8 Å². The van der Waals surface area contributed by atoms with E-state index >= 15 is 0 Å². The molecule has 1 heterocycles. The van der Waals surface area contributed by atoms with Gasteiger partial charge in [-0.05, 0) is 23.6 Å². The third-order valence-electron chi connectivity index (χ3n) is 2.20. The summed E-state index contributed by atoms with van der Waals surface area (Å²) in [5.41, 5.74) is -0.748. The third-order valence-corrected chi connectivity index (χ3v) is 3.07. The summed E-state index contributed by atoms with van der Waals surface area (Å²) in [5, 5.41) is 1.71. The van der Waals surface area contributed by atoms with E-state index in [0.717, 1.165) is 12.1 Å². The fourth-order valence-electron chi connectivity index (χ4n) is 1.39. The first-order valence-corrected chi connectivity index (χ1v) is 5.62. The smallest absolute Gasteiger partial charge is 0.288 e. The van der Waals surface area contributed by atoms with Gasteiger partial charge in [-0.25, -0.2) is 0 Å². The normalized spacial score (nSPS) is 11.5. The maximum atomic E-state index is 12.5. The molecule has 5 heteroatoms. The number of halogens is 3. The van der Waals surface area contributed by atoms with E-state index in [2.05, 4.69) is 0 Å². The Balaban J connectivity index is 2.38. The van der Waals surface area contributed by atoms with Gasteiger partial charge < -0.3 is 0 Å². The van der Waals surface area contributed by atoms with Crippen molar-refractivity contribution in [2.75, 3.05) is 0 Å². The van der Waals surface area contributed by atoms with Crippen LogP contribution in [0, 0.1) is 0 Å². The van der Waals surface area contributed by atoms with E-state index in [-0.39, 0.29) is 11.3 Å². The van der Waals surface area contributed by atoms with Gasteiger partial charge in [0, 0.05) is 5.56 Å². The molecule has 17 heavy (non-hydrogen) atoms. The summed E-state index contributed by atoms with van der Waals surface area (Å²) >= 11 is 1.21. The highest BCUT2D eigenvalue weighted by atomic mass is 32.1. The Morgan fingerprint density at radius 2 is 1.88 bits per heavy atom. The lowest BCUT2D eigenvalue weighted by atomic mass is 10.1. The van der Waals surface area contributed by atoms with Gasteiger partial charge in [-0.1, -0.05) is 18.2 Å². The Bertz CT molecular complexity index is 529. The summed E-state index contributed by atoms with van der Waals surface area (Å²) in [5.74, 6) is -0.383. The maximum absolute atomic E-state index is 12.5. The molecule has 2 rings (SSSR count). The molecule has 0 unspecified atom stereocenters. The summed E-state index contributed by atoms with van der Waals surface area (Å²) in [6.45, 7) is 0. The van der Waals surface area contributed by atoms with Crippen molar-refractivity contribution in [1.29, 1.82) is 0 Å². The Morgan fingerprint density at radius 3 is 2.47 bits per heavy atom. The minimum Gasteiger partial charge on any atom is -0.288 e. The summed E-state index contributed by atoms with van der Waals surface area (Å²) in [4.78, 5) is 12.3. The van der Waals surface area contributed by atoms with Gasteiger partial charge in [-0.2, -0.15) is 13.2 Å². The van der Waals surface area contributed by atoms with Crippen LogP contribution < -0.4 is 0 Å². The molecular formula is C12H7F3OS. The van der Waals surface area contributed by atoms with Crippen molar-refractivity contribution >= 4 is 17.1 Å². The highest BCUT2D eigenvalue weighted by Gasteiger charge is 2.30. The number of carbonyl (C=O) groups excluding carboxylic acids is 1. The highest BCUT2D eigenvalue weighted by Crippen LogP contribution is 2.30. The quantitative estimate of drug-likeness (QED) is 0.742. The molecule has 88 valence electrons. The van der Waals surface area contributed by atoms with Crippen LogP contribution in [0.25, 0.3) is 0 Å². The minimum absolute atomic E-state index is 0.0577. The standard InChI is InChI=1S/C12H7F3OS/c13-12(14,15)9-4-1-3-8(7-9)11(16)10-5-2-6-17-10/h1-7H. The van der Waals surface area contributed by atoms with E-state index < -0.39 is 11.7 Å². The van der Waals surface area contributed by atoms with Gasteiger partial charge in [0.05, 0.1) is 10.4 Å². The molecule has 0 aliphatic heterocycles. The molecule has 0 aliphatic carbocycles. The maximum Gasteiger partial charge on any atom is 0.416 e. The van der Waals surface area contributed by atoms with E-state index in [1.54, 1.807) is 17.5 Å². The number of alkyl halides is 3. The van der Waals surface area contributed by atoms with Crippen LogP contribution in [-0.2, 0) is 6.18 Å². The predicted molar refractivity (Wildman–Crippen MR) is 59.2 cm³/mol. The molecule has 0 aliphatic rings. The van der Waals surface area contributed by atoms with E-state index in [4.69, 9.17) is 0 Å². The molecule has 0 saturated carbocycles. The van der Waals surface area contributed by atoms with Crippen molar-refractivity contribution in [2.45, 2.75) is 6.18 Å². The number of thiophene rings is 1. The summed E-state index contributed by atoms with van der Waals surface area (Å²) in [6, 6.07) is 7.73. The summed E-state index contributed by atoms with van der Waals surface area (Å²) in [6.07, 6.45) is -4.42. The third kappa shape index (κ3) is 2.55. The first kappa shape index (κ1) is 11.9. The van der Waals surface area contributed by atoms with Crippen molar-refractivity contribution < 1.29 is 18.0 Å². The first-order valence-electron chi connectivity index (χ1n) is 4.74. The number of benzene rings is 1. The van der Waals surface area contributed by atoms with Crippen LogP contribution in [0.2, 0.25) is 0 Å². The van der Waals surface area contributed by atoms with Gasteiger partial charge in [-0.3, -0.25) is 4.79 Å². The van der Waals surface area contributed by atoms with Crippen LogP contribution >= 0.6 is 11.3 Å². The number of hydrogen-bond acceptors (Lipinski definition) is 2. The molecule has 0 spiro atoms. The molecule has 0 bridgehead atoms. The number of carbonyl (C=O) groups is 1. The van der Waals surface area contributed by atoms with E-state index in [0.29, 0.717) is 4.88 Å². The lowest BCUT2D eigenvalue weighted by molar-refractivity contribution is -0.137. The van der Waals surface area contributed by atoms with Gasteiger partial charge in [0.2, 0.25) is 5.78 Å². The second-order valence-electron chi connectivity index (χ2n) is 3.38. The van der Waals surface area contributed by atoms with Crippen LogP contribution in [0.1, 0.15) is 20.8 Å². The Hall–Kier alpha value is -1.62. The zero-order chi connectivity index (χ0) is 12.5. The van der Waals surface area contributed by atoms with Crippen LogP contribution in [0.5, 0.6) is 0 Å². The van der Waals surface area contributed by atoms with Gasteiger partial charge in [0.15, 0.2) is 0 Å². The molecule has 0 saturated heterocycles. The highest BCUT2D eigenvalue weighted by molar-refractivity contribution is 7.12. The zero-order valence-corrected chi connectivity index (χ0v) is 9.31. The van der Waals surface area contributed by atoms with Crippen molar-refractivity contribution in [3.63, 3.8) is 0 Å². The van der Waals surface area contributed by atoms with Crippen LogP contribution in [0.4, 0.5) is 13.2 Å². The van der Waals surface area contributed by atoms with Crippen molar-refractivity contribution in [2.24, 2.45) is 0 Å². The lowest BCUT2D eigenvalue weighted by Gasteiger charge is -2.07. The number of hydrogen-bond donors (Lipinski definition) is 0. The first-order chi connectivity index (χ1) is 7.98. The largest absolute Gasteiger partial charge is 0.416 e. The number of ketones is 1. The van der Waals surface area contributed by atoms with Crippen LogP contribution in [0.3, 0.4) is 0 Å². The van der Waals surface area contributed by atoms with Crippen LogP contribution in [0.15, 0.2) is 41.8 Å². The Labute approximate surface area is 99.5 Å². The van der Waals surface area contributed by atoms with E-state index in [1.165, 1.54) is 23.5 Å². The van der Waals surface area contributed by atoms with Gasteiger partial charge >= 0.3 is 6.18 Å². The summed E-state index contributed by atoms with van der Waals surface area (Å²) < 4.78 is 37.4. The fraction of sp³-hybridized carbons (Fsp3) is 0.0833. The second kappa shape index (κ2) is 4.33. The minimum atomic E-state index is -4.42. The molecule has 1 aromatic heterocycles. The predicted octanol–water partition coefficient (Wildman–Crippen LogP) is 4.00. The van der Waals surface area contributed by atoms with Crippen molar-refractivity contribution in [3.8, 4) is 0 Å². The number of rotatable bonds is 2. The second-order valence-corrected chi connectivity index (χ2v) is 4.33. The van der Waals surface area contributed by atoms with E-state index in [1.807, 2.05) is 0 Å². The SMILES string of the molecule is O=C(c1cccc(C(F)(F)F)c1)c1cccs1. The molecule has 1 nitrogen and oxygen atoms in total. The molecule has 0 N–H and O–H groups in total. The molecular weight excluding hydrogens is 249 g/mol. The Kier molecular flexibility index (Phi) is 3.02. The molecule has 0 radical (unpaired) electrons. The summed E-state index contributed by atoms with van der Waals surface area (Å²) in [7, 11) is 0. The molecule has 0 fully saturated rings. The van der Waals surface area contributed by atoms with Gasteiger partial charge in [0.25, 0.3) is 0 Å².